The maximum atomic E-state index is 9.48. The number of aliphatic hydroxyl groups is 1. The Bertz CT molecular complexity index is 691. The maximum Gasteiger partial charge on any atom is 0.142 e. The summed E-state index contributed by atoms with van der Waals surface area (Å²) >= 11 is 1.51. The first kappa shape index (κ1) is 11.3. The summed E-state index contributed by atoms with van der Waals surface area (Å²) in [7, 11) is 0. The fourth-order valence-corrected chi connectivity index (χ4v) is 2.66. The van der Waals surface area contributed by atoms with Gasteiger partial charge in [-0.2, -0.15) is 0 Å². The first-order chi connectivity index (χ1) is 8.74. The number of hydrogen-bond donors (Lipinski definition) is 1. The van der Waals surface area contributed by atoms with Gasteiger partial charge in [0.05, 0.1) is 23.0 Å². The van der Waals surface area contributed by atoms with Gasteiger partial charge < -0.3 is 5.11 Å². The summed E-state index contributed by atoms with van der Waals surface area (Å²) in [5.74, 6) is 0. The van der Waals surface area contributed by atoms with Crippen molar-refractivity contribution in [3.63, 3.8) is 0 Å². The summed E-state index contributed by atoms with van der Waals surface area (Å²) in [6.07, 6.45) is -0.532. The highest BCUT2D eigenvalue weighted by atomic mass is 32.1. The molecule has 3 aromatic rings. The van der Waals surface area contributed by atoms with Crippen molar-refractivity contribution in [2.24, 2.45) is 0 Å². The third kappa shape index (κ3) is 2.00. The van der Waals surface area contributed by atoms with Gasteiger partial charge in [0.15, 0.2) is 0 Å². The van der Waals surface area contributed by atoms with E-state index in [0.29, 0.717) is 5.69 Å². The Hall–Kier alpha value is -1.78. The second-order valence-electron chi connectivity index (χ2n) is 4.14. The quantitative estimate of drug-likeness (QED) is 0.764. The number of fused-ring (bicyclic) bond motifs is 1. The van der Waals surface area contributed by atoms with Gasteiger partial charge in [-0.05, 0) is 19.1 Å². The minimum absolute atomic E-state index is 0.532. The standard InChI is InChI=1S/C14H12N2OS/c1-9(17)13-8-18-14(16-13)12-7-6-10-4-2-3-5-11(10)15-12/h2-9,17H,1H3. The van der Waals surface area contributed by atoms with Crippen LogP contribution in [0.5, 0.6) is 0 Å². The highest BCUT2D eigenvalue weighted by Crippen LogP contribution is 2.26. The van der Waals surface area contributed by atoms with E-state index in [9.17, 15) is 5.11 Å². The van der Waals surface area contributed by atoms with Crippen LogP contribution in [-0.2, 0) is 0 Å². The molecule has 3 nitrogen and oxygen atoms in total. The van der Waals surface area contributed by atoms with E-state index in [1.165, 1.54) is 11.3 Å². The number of nitrogens with zero attached hydrogens (tertiary/aromatic N) is 2. The van der Waals surface area contributed by atoms with Crippen LogP contribution in [0.25, 0.3) is 21.6 Å². The molecule has 2 aromatic heterocycles. The summed E-state index contributed by atoms with van der Waals surface area (Å²) in [5.41, 5.74) is 2.51. The topological polar surface area (TPSA) is 46.0 Å². The third-order valence-corrected chi connectivity index (χ3v) is 3.65. The molecular formula is C14H12N2OS. The largest absolute Gasteiger partial charge is 0.387 e. The van der Waals surface area contributed by atoms with Crippen LogP contribution in [0, 0.1) is 0 Å². The van der Waals surface area contributed by atoms with Crippen LogP contribution in [0.1, 0.15) is 18.7 Å². The van der Waals surface area contributed by atoms with Crippen molar-refractivity contribution < 1.29 is 5.11 Å². The van der Waals surface area contributed by atoms with Gasteiger partial charge in [0.25, 0.3) is 0 Å². The van der Waals surface area contributed by atoms with E-state index in [2.05, 4.69) is 9.97 Å². The number of hydrogen-bond acceptors (Lipinski definition) is 4. The number of aliphatic hydroxyl groups excluding tert-OH is 1. The second kappa shape index (κ2) is 4.48. The Labute approximate surface area is 109 Å². The molecule has 0 aliphatic heterocycles. The molecule has 18 heavy (non-hydrogen) atoms. The molecule has 0 spiro atoms. The van der Waals surface area contributed by atoms with Gasteiger partial charge in [0, 0.05) is 10.8 Å². The van der Waals surface area contributed by atoms with Crippen LogP contribution < -0.4 is 0 Å². The van der Waals surface area contributed by atoms with Crippen molar-refractivity contribution >= 4 is 22.2 Å². The van der Waals surface area contributed by atoms with E-state index >= 15 is 0 Å². The number of para-hydroxylation sites is 1. The molecule has 3 rings (SSSR count). The molecule has 0 fully saturated rings. The SMILES string of the molecule is CC(O)c1csc(-c2ccc3ccccc3n2)n1. The number of benzene rings is 1. The van der Waals surface area contributed by atoms with E-state index in [1.54, 1.807) is 6.92 Å². The number of aromatic nitrogens is 2. The van der Waals surface area contributed by atoms with E-state index in [1.807, 2.05) is 41.8 Å². The third-order valence-electron chi connectivity index (χ3n) is 2.77. The first-order valence-corrected chi connectivity index (χ1v) is 6.61. The highest BCUT2D eigenvalue weighted by Gasteiger charge is 2.09. The molecule has 0 bridgehead atoms. The molecule has 2 heterocycles. The lowest BCUT2D eigenvalue weighted by Crippen LogP contribution is -1.91. The van der Waals surface area contributed by atoms with E-state index < -0.39 is 6.10 Å². The average Bonchev–Trinajstić information content (AvgIpc) is 2.88. The van der Waals surface area contributed by atoms with Crippen molar-refractivity contribution in [1.82, 2.24) is 9.97 Å². The number of pyridine rings is 1. The van der Waals surface area contributed by atoms with Crippen molar-refractivity contribution in [2.45, 2.75) is 13.0 Å². The molecule has 0 amide bonds. The maximum absolute atomic E-state index is 9.48. The molecule has 0 radical (unpaired) electrons. The molecular weight excluding hydrogens is 244 g/mol. The summed E-state index contributed by atoms with van der Waals surface area (Å²) < 4.78 is 0. The average molecular weight is 256 g/mol. The smallest absolute Gasteiger partial charge is 0.142 e. The molecule has 0 aliphatic carbocycles. The van der Waals surface area contributed by atoms with Crippen molar-refractivity contribution in [3.05, 3.63) is 47.5 Å². The van der Waals surface area contributed by atoms with Crippen LogP contribution in [0.3, 0.4) is 0 Å². The summed E-state index contributed by atoms with van der Waals surface area (Å²) in [5, 5.41) is 13.3. The van der Waals surface area contributed by atoms with Crippen molar-refractivity contribution in [2.75, 3.05) is 0 Å². The van der Waals surface area contributed by atoms with E-state index in [0.717, 1.165) is 21.6 Å². The van der Waals surface area contributed by atoms with Crippen LogP contribution >= 0.6 is 11.3 Å². The fourth-order valence-electron chi connectivity index (χ4n) is 1.78. The lowest BCUT2D eigenvalue weighted by atomic mass is 10.2. The van der Waals surface area contributed by atoms with Crippen molar-refractivity contribution in [1.29, 1.82) is 0 Å². The zero-order chi connectivity index (χ0) is 12.5. The minimum atomic E-state index is -0.532. The highest BCUT2D eigenvalue weighted by molar-refractivity contribution is 7.13. The van der Waals surface area contributed by atoms with Crippen molar-refractivity contribution in [3.8, 4) is 10.7 Å². The summed E-state index contributed by atoms with van der Waals surface area (Å²) in [4.78, 5) is 8.98. The molecule has 0 aliphatic rings. The van der Waals surface area contributed by atoms with Gasteiger partial charge in [-0.3, -0.25) is 0 Å². The van der Waals surface area contributed by atoms with Gasteiger partial charge in [0.1, 0.15) is 5.01 Å². The Morgan fingerprint density at radius 2 is 1.94 bits per heavy atom. The number of rotatable bonds is 2. The molecule has 1 N–H and O–H groups in total. The molecule has 4 heteroatoms. The van der Waals surface area contributed by atoms with Gasteiger partial charge in [-0.1, -0.05) is 24.3 Å². The zero-order valence-corrected chi connectivity index (χ0v) is 10.7. The predicted octanol–water partition coefficient (Wildman–Crippen LogP) is 3.41. The van der Waals surface area contributed by atoms with Gasteiger partial charge in [0.2, 0.25) is 0 Å². The predicted molar refractivity (Wildman–Crippen MR) is 73.5 cm³/mol. The normalized spacial score (nSPS) is 12.8. The van der Waals surface area contributed by atoms with Gasteiger partial charge in [-0.15, -0.1) is 11.3 Å². The lowest BCUT2D eigenvalue weighted by molar-refractivity contribution is 0.195. The monoisotopic (exact) mass is 256 g/mol. The molecule has 90 valence electrons. The fraction of sp³-hybridized carbons (Fsp3) is 0.143. The van der Waals surface area contributed by atoms with Gasteiger partial charge in [-0.25, -0.2) is 9.97 Å². The van der Waals surface area contributed by atoms with Crippen LogP contribution in [0.15, 0.2) is 41.8 Å². The first-order valence-electron chi connectivity index (χ1n) is 5.74. The molecule has 1 aromatic carbocycles. The molecule has 1 atom stereocenters. The Morgan fingerprint density at radius 3 is 2.72 bits per heavy atom. The lowest BCUT2D eigenvalue weighted by Gasteiger charge is -2.00. The van der Waals surface area contributed by atoms with Gasteiger partial charge >= 0.3 is 0 Å². The Kier molecular flexibility index (Phi) is 2.81. The van der Waals surface area contributed by atoms with Crippen LogP contribution in [-0.4, -0.2) is 15.1 Å². The molecule has 0 saturated carbocycles. The summed E-state index contributed by atoms with van der Waals surface area (Å²) in [6.45, 7) is 1.71. The minimum Gasteiger partial charge on any atom is -0.387 e. The second-order valence-corrected chi connectivity index (χ2v) is 5.00. The van der Waals surface area contributed by atoms with E-state index in [-0.39, 0.29) is 0 Å². The molecule has 1 unspecified atom stereocenters. The molecule has 0 saturated heterocycles. The van der Waals surface area contributed by atoms with Crippen LogP contribution in [0.2, 0.25) is 0 Å². The Morgan fingerprint density at radius 1 is 1.11 bits per heavy atom. The summed E-state index contributed by atoms with van der Waals surface area (Å²) in [6, 6.07) is 12.0. The number of thiazole rings is 1. The van der Waals surface area contributed by atoms with E-state index in [4.69, 9.17) is 0 Å². The van der Waals surface area contributed by atoms with Crippen LogP contribution in [0.4, 0.5) is 0 Å². The zero-order valence-electron chi connectivity index (χ0n) is 9.87. The Balaban J connectivity index is 2.07.